The summed E-state index contributed by atoms with van der Waals surface area (Å²) in [6.07, 6.45) is 30.1. The van der Waals surface area contributed by atoms with Crippen LogP contribution in [0, 0.1) is 41.4 Å². The van der Waals surface area contributed by atoms with Gasteiger partial charge in [-0.1, -0.05) is 116 Å². The van der Waals surface area contributed by atoms with E-state index in [4.69, 9.17) is 18.9 Å². The van der Waals surface area contributed by atoms with Crippen LogP contribution in [0.25, 0.3) is 28.7 Å². The number of aryl methyl sites for hydroxylation is 2. The smallest absolute Gasteiger partial charge is 0.168 e. The molecule has 442 valence electrons. The number of hydrogen-bond donors (Lipinski definition) is 7. The molecule has 1 saturated heterocycles. The van der Waals surface area contributed by atoms with Gasteiger partial charge in [0.25, 0.3) is 0 Å². The number of aliphatic hydroxyl groups is 2. The van der Waals surface area contributed by atoms with Crippen LogP contribution in [0.5, 0.6) is 23.0 Å². The van der Waals surface area contributed by atoms with E-state index in [0.29, 0.717) is 43.9 Å². The molecule has 1 aromatic heterocycles. The third kappa shape index (κ3) is 9.61. The molecule has 6 aromatic rings. The Hall–Kier alpha value is -7.34. The summed E-state index contributed by atoms with van der Waals surface area (Å²) in [5.74, 6) is 9.24. The summed E-state index contributed by atoms with van der Waals surface area (Å²) < 4.78 is 29.7. The predicted octanol–water partition coefficient (Wildman–Crippen LogP) is 11.8. The van der Waals surface area contributed by atoms with E-state index < -0.39 is 12.2 Å². The maximum Gasteiger partial charge on any atom is 0.168 e. The van der Waals surface area contributed by atoms with E-state index in [1.54, 1.807) is 31.4 Å². The van der Waals surface area contributed by atoms with Gasteiger partial charge in [-0.2, -0.15) is 0 Å². The first-order valence-corrected chi connectivity index (χ1v) is 31.5. The zero-order valence-corrected chi connectivity index (χ0v) is 48.9. The molecule has 10 atom stereocenters. The van der Waals surface area contributed by atoms with Crippen molar-refractivity contribution in [3.8, 4) is 34.8 Å². The topological polar surface area (TPSA) is 167 Å². The van der Waals surface area contributed by atoms with Gasteiger partial charge in [0.1, 0.15) is 36.2 Å². The number of benzene rings is 5. The monoisotopic (exact) mass is 1150 g/mol. The fourth-order valence-corrected chi connectivity index (χ4v) is 17.0. The molecule has 7 N–H and O–H groups in total. The Balaban J connectivity index is 0.906. The second kappa shape index (κ2) is 22.4. The fraction of sp³-hybridized carbons (Fsp3) is 0.405. The normalized spacial score (nSPS) is 28.3. The minimum Gasteiger partial charge on any atom is -0.508 e. The van der Waals surface area contributed by atoms with Crippen LogP contribution in [0.3, 0.4) is 0 Å². The Morgan fingerprint density at radius 1 is 0.849 bits per heavy atom. The number of ether oxygens (including phenoxy) is 4. The van der Waals surface area contributed by atoms with Gasteiger partial charge in [0.15, 0.2) is 11.5 Å². The summed E-state index contributed by atoms with van der Waals surface area (Å²) in [6.45, 7) is 0.823. The molecule has 7 heterocycles. The van der Waals surface area contributed by atoms with Crippen LogP contribution in [-0.2, 0) is 58.5 Å². The highest BCUT2D eigenvalue weighted by Crippen LogP contribution is 2.64. The Morgan fingerprint density at radius 3 is 2.62 bits per heavy atom. The van der Waals surface area contributed by atoms with Crippen LogP contribution in [0.15, 0.2) is 133 Å². The molecular formula is C74H77N3O9. The Kier molecular flexibility index (Phi) is 14.4. The molecular weight excluding hydrogens is 1070 g/mol. The molecule has 10 unspecified atom stereocenters. The molecule has 5 aromatic carbocycles. The van der Waals surface area contributed by atoms with Crippen LogP contribution in [0.2, 0.25) is 0 Å². The first-order valence-electron chi connectivity index (χ1n) is 31.5. The van der Waals surface area contributed by atoms with Crippen molar-refractivity contribution in [1.82, 2.24) is 15.2 Å². The van der Waals surface area contributed by atoms with Gasteiger partial charge < -0.3 is 54.4 Å². The van der Waals surface area contributed by atoms with Gasteiger partial charge in [0, 0.05) is 94.8 Å². The van der Waals surface area contributed by atoms with Crippen LogP contribution >= 0.6 is 0 Å². The van der Waals surface area contributed by atoms with E-state index in [-0.39, 0.29) is 83.3 Å². The number of aliphatic hydroxyl groups excluding tert-OH is 2. The molecule has 1 saturated carbocycles. The van der Waals surface area contributed by atoms with E-state index in [9.17, 15) is 25.5 Å². The van der Waals surface area contributed by atoms with Gasteiger partial charge >= 0.3 is 0 Å². The van der Waals surface area contributed by atoms with Crippen molar-refractivity contribution in [2.45, 2.75) is 139 Å². The summed E-state index contributed by atoms with van der Waals surface area (Å²) in [6, 6.07) is 26.5. The maximum atomic E-state index is 12.5. The second-order valence-electron chi connectivity index (χ2n) is 25.9. The van der Waals surface area contributed by atoms with Crippen LogP contribution in [0.1, 0.15) is 125 Å². The number of aromatic nitrogens is 1. The molecule has 6 aliphatic heterocycles. The highest BCUT2D eigenvalue weighted by Gasteiger charge is 2.62. The quantitative estimate of drug-likeness (QED) is 0.0396. The molecule has 1 spiro atoms. The van der Waals surface area contributed by atoms with Gasteiger partial charge in [-0.3, -0.25) is 5.32 Å². The summed E-state index contributed by atoms with van der Waals surface area (Å²) in [7, 11) is 1.69. The average Bonchev–Trinajstić information content (AvgIpc) is 0.765. The Bertz CT molecular complexity index is 3890. The van der Waals surface area contributed by atoms with Crippen molar-refractivity contribution in [3.05, 3.63) is 194 Å². The van der Waals surface area contributed by atoms with E-state index in [2.05, 4.69) is 112 Å². The van der Waals surface area contributed by atoms with Crippen molar-refractivity contribution >= 4 is 28.7 Å². The summed E-state index contributed by atoms with van der Waals surface area (Å²) in [4.78, 5) is 0. The molecule has 0 amide bonds. The third-order valence-corrected chi connectivity index (χ3v) is 21.1. The molecule has 0 radical (unpaired) electrons. The van der Waals surface area contributed by atoms with Crippen LogP contribution in [-0.4, -0.2) is 80.6 Å². The van der Waals surface area contributed by atoms with Crippen molar-refractivity contribution in [3.63, 3.8) is 0 Å². The minimum absolute atomic E-state index is 0.00514. The SMILES string of the molecule is COCNC1C=C2C#CC(CCc3ccc(O)c(Cc4cccc(O)c4)c3)CCC3C=CC4OC3CC(O)C3C=Cc5c(c(CO)cc(O)c5OCc5cc(C67c8c9cccc8CCC6C6(CCCCC6)OCC7C=C9)cc6cn(cc56)C(=C24)N1)C3. The number of phenols is 3. The highest BCUT2D eigenvalue weighted by atomic mass is 16.5. The lowest BCUT2D eigenvalue weighted by Crippen LogP contribution is -2.63. The Labute approximate surface area is 503 Å². The zero-order chi connectivity index (χ0) is 58.3. The second-order valence-corrected chi connectivity index (χ2v) is 25.9. The van der Waals surface area contributed by atoms with Gasteiger partial charge in [-0.25, -0.2) is 0 Å². The molecule has 2 fully saturated rings. The van der Waals surface area contributed by atoms with Crippen molar-refractivity contribution in [1.29, 1.82) is 0 Å². The number of hydrogen-bond acceptors (Lipinski definition) is 11. The molecule has 17 rings (SSSR count). The van der Waals surface area contributed by atoms with Crippen LogP contribution < -0.4 is 15.4 Å². The first kappa shape index (κ1) is 55.3. The average molecular weight is 1150 g/mol. The molecule has 5 aliphatic carbocycles. The standard InChI is InChI=1S/C74H77N3O9/c1-83-43-75-68-36-51-17-14-44(11-12-45-15-24-62(80)52(29-45)30-46-7-5-10-58(79)31-46)13-16-47-20-25-65-69(51)72(76-68)77-38-53-32-57(74-56-22-18-48-8-6-9-49(70(48)74)21-26-67(74)73(85-42-56)27-3-2-4-28-73)33-55(61(53)39-77)41-84-71-59-23-19-50(63(81)37-66(47)86-65)34-60(59)54(40-78)35-64(71)82/h5-10,15,18-20,22-25,29,31-33,35-36,38-39,44,47,50,56,63,65-68,75-76,78-82H,2-4,11-13,16,21,26-28,30,34,37,40-43H2,1H3. The van der Waals surface area contributed by atoms with Gasteiger partial charge in [0.05, 0.1) is 37.8 Å². The highest BCUT2D eigenvalue weighted by molar-refractivity contribution is 5.89. The van der Waals surface area contributed by atoms with E-state index >= 15 is 0 Å². The number of rotatable bonds is 10. The molecule has 11 aliphatic rings. The minimum atomic E-state index is -0.793. The van der Waals surface area contributed by atoms with Gasteiger partial charge in [-0.15, -0.1) is 0 Å². The number of aromatic hydroxyl groups is 3. The van der Waals surface area contributed by atoms with Crippen molar-refractivity contribution in [2.24, 2.45) is 29.6 Å². The van der Waals surface area contributed by atoms with E-state index in [1.165, 1.54) is 28.7 Å². The third-order valence-electron chi connectivity index (χ3n) is 21.1. The lowest BCUT2D eigenvalue weighted by Gasteiger charge is -2.62. The Morgan fingerprint density at radius 2 is 1.74 bits per heavy atom. The van der Waals surface area contributed by atoms with Crippen molar-refractivity contribution in [2.75, 3.05) is 20.4 Å². The van der Waals surface area contributed by atoms with Gasteiger partial charge in [-0.05, 0) is 150 Å². The number of nitrogens with one attached hydrogen (secondary N) is 2. The number of nitrogens with zero attached hydrogens (tertiary/aromatic N) is 1. The van der Waals surface area contributed by atoms with Crippen molar-refractivity contribution < 1.29 is 44.5 Å². The lowest BCUT2D eigenvalue weighted by atomic mass is 9.46. The van der Waals surface area contributed by atoms with E-state index in [1.807, 2.05) is 24.3 Å². The number of dihydropyridines is 1. The van der Waals surface area contributed by atoms with E-state index in [0.717, 1.165) is 125 Å². The predicted molar refractivity (Wildman–Crippen MR) is 333 cm³/mol. The van der Waals surface area contributed by atoms with Gasteiger partial charge in [0.2, 0.25) is 0 Å². The fourth-order valence-electron chi connectivity index (χ4n) is 17.0. The number of phenolic OH excluding ortho intramolecular Hbond substituents is 3. The largest absolute Gasteiger partial charge is 0.508 e. The summed E-state index contributed by atoms with van der Waals surface area (Å²) in [5.41, 5.74) is 12.6. The molecule has 86 heavy (non-hydrogen) atoms. The zero-order valence-electron chi connectivity index (χ0n) is 48.9. The molecule has 12 nitrogen and oxygen atoms in total. The molecule has 12 heteroatoms. The summed E-state index contributed by atoms with van der Waals surface area (Å²) in [5, 5.41) is 66.2. The molecule has 10 bridgehead atoms. The first-order chi connectivity index (χ1) is 42.0. The number of methoxy groups -OCH3 is 1. The van der Waals surface area contributed by atoms with Crippen LogP contribution in [0.4, 0.5) is 0 Å². The lowest BCUT2D eigenvalue weighted by molar-refractivity contribution is -0.182. The maximum absolute atomic E-state index is 12.5. The number of fused-ring (bicyclic) bond motifs is 6. The summed E-state index contributed by atoms with van der Waals surface area (Å²) >= 11 is 0.